The number of nitrogens with one attached hydrogen (secondary N) is 2. The van der Waals surface area contributed by atoms with E-state index in [0.717, 1.165) is 0 Å². The van der Waals surface area contributed by atoms with Gasteiger partial charge in [0.2, 0.25) is 0 Å². The SMILES string of the molecule is CC(=O)c1cccc(N/C=C(/C#N)C(=O)Nc2ccc(Cl)c(Cl)c2)c1. The lowest BCUT2D eigenvalue weighted by Crippen LogP contribution is -2.14. The molecule has 0 fully saturated rings. The molecule has 0 atom stereocenters. The van der Waals surface area contributed by atoms with Crippen molar-refractivity contribution in [2.75, 3.05) is 10.6 Å². The largest absolute Gasteiger partial charge is 0.360 e. The van der Waals surface area contributed by atoms with Crippen LogP contribution in [0.25, 0.3) is 0 Å². The molecule has 2 aromatic rings. The summed E-state index contributed by atoms with van der Waals surface area (Å²) >= 11 is 11.7. The van der Waals surface area contributed by atoms with Gasteiger partial charge in [0.05, 0.1) is 10.0 Å². The molecule has 5 nitrogen and oxygen atoms in total. The number of rotatable bonds is 5. The first kappa shape index (κ1) is 18.5. The third-order valence-corrected chi connectivity index (χ3v) is 3.93. The van der Waals surface area contributed by atoms with Gasteiger partial charge in [0, 0.05) is 23.1 Å². The number of nitrogens with zero attached hydrogens (tertiary/aromatic N) is 1. The summed E-state index contributed by atoms with van der Waals surface area (Å²) in [6, 6.07) is 13.1. The molecule has 1 amide bonds. The number of benzene rings is 2. The Hall–Kier alpha value is -2.81. The molecule has 0 aromatic heterocycles. The molecule has 0 unspecified atom stereocenters. The summed E-state index contributed by atoms with van der Waals surface area (Å²) in [7, 11) is 0. The summed E-state index contributed by atoms with van der Waals surface area (Å²) in [5.74, 6) is -0.679. The highest BCUT2D eigenvalue weighted by molar-refractivity contribution is 6.42. The van der Waals surface area contributed by atoms with Crippen molar-refractivity contribution in [3.05, 3.63) is 69.8 Å². The average Bonchev–Trinajstić information content (AvgIpc) is 2.59. The lowest BCUT2D eigenvalue weighted by molar-refractivity contribution is -0.112. The topological polar surface area (TPSA) is 82.0 Å². The van der Waals surface area contributed by atoms with E-state index in [9.17, 15) is 14.9 Å². The molecule has 2 N–H and O–H groups in total. The van der Waals surface area contributed by atoms with E-state index in [1.807, 2.05) is 6.07 Å². The summed E-state index contributed by atoms with van der Waals surface area (Å²) in [6.07, 6.45) is 1.27. The number of hydrogen-bond donors (Lipinski definition) is 2. The van der Waals surface area contributed by atoms with Crippen LogP contribution in [0.5, 0.6) is 0 Å². The lowest BCUT2D eigenvalue weighted by atomic mass is 10.1. The molecule has 126 valence electrons. The molecular weight excluding hydrogens is 361 g/mol. The molecule has 0 heterocycles. The first-order chi connectivity index (χ1) is 11.9. The third-order valence-electron chi connectivity index (χ3n) is 3.19. The minimum absolute atomic E-state index is 0.0782. The minimum Gasteiger partial charge on any atom is -0.360 e. The fourth-order valence-corrected chi connectivity index (χ4v) is 2.20. The van der Waals surface area contributed by atoms with Crippen LogP contribution in [0.1, 0.15) is 17.3 Å². The Bertz CT molecular complexity index is 901. The molecule has 0 bridgehead atoms. The first-order valence-corrected chi connectivity index (χ1v) is 7.90. The summed E-state index contributed by atoms with van der Waals surface area (Å²) in [5, 5.41) is 15.2. The number of carbonyl (C=O) groups excluding carboxylic acids is 2. The van der Waals surface area contributed by atoms with E-state index in [-0.39, 0.29) is 11.4 Å². The number of Topliss-reactive ketones (excluding diaryl/α,β-unsaturated/α-hetero) is 1. The van der Waals surface area contributed by atoms with E-state index in [1.165, 1.54) is 19.2 Å². The van der Waals surface area contributed by atoms with Crippen LogP contribution in [0.3, 0.4) is 0 Å². The predicted octanol–water partition coefficient (Wildman–Crippen LogP) is 4.65. The first-order valence-electron chi connectivity index (χ1n) is 7.15. The molecule has 0 aliphatic heterocycles. The quantitative estimate of drug-likeness (QED) is 0.453. The Morgan fingerprint density at radius 1 is 1.08 bits per heavy atom. The molecule has 7 heteroatoms. The van der Waals surface area contributed by atoms with Gasteiger partial charge in [0.15, 0.2) is 5.78 Å². The Kier molecular flexibility index (Phi) is 6.18. The zero-order valence-electron chi connectivity index (χ0n) is 13.1. The molecule has 25 heavy (non-hydrogen) atoms. The van der Waals surface area contributed by atoms with Crippen molar-refractivity contribution >= 4 is 46.3 Å². The van der Waals surface area contributed by atoms with Crippen LogP contribution in [0.15, 0.2) is 54.2 Å². The van der Waals surface area contributed by atoms with Crippen LogP contribution in [0, 0.1) is 11.3 Å². The maximum Gasteiger partial charge on any atom is 0.267 e. The molecule has 0 aliphatic carbocycles. The highest BCUT2D eigenvalue weighted by Gasteiger charge is 2.10. The molecule has 0 spiro atoms. The van der Waals surface area contributed by atoms with E-state index in [4.69, 9.17) is 23.2 Å². The van der Waals surface area contributed by atoms with Gasteiger partial charge in [-0.25, -0.2) is 0 Å². The van der Waals surface area contributed by atoms with Crippen LogP contribution in [-0.2, 0) is 4.79 Å². The fraction of sp³-hybridized carbons (Fsp3) is 0.0556. The molecule has 2 rings (SSSR count). The lowest BCUT2D eigenvalue weighted by Gasteiger charge is -2.07. The summed E-state index contributed by atoms with van der Waals surface area (Å²) < 4.78 is 0. The van der Waals surface area contributed by atoms with Crippen LogP contribution in [0.4, 0.5) is 11.4 Å². The smallest absolute Gasteiger partial charge is 0.267 e. The van der Waals surface area contributed by atoms with Crippen molar-refractivity contribution in [1.29, 1.82) is 5.26 Å². The van der Waals surface area contributed by atoms with Crippen molar-refractivity contribution in [3.63, 3.8) is 0 Å². The standard InChI is InChI=1S/C18H13Cl2N3O2/c1-11(24)12-3-2-4-14(7-12)22-10-13(9-21)18(25)23-15-5-6-16(19)17(20)8-15/h2-8,10,22H,1H3,(H,23,25)/b13-10-. The number of carbonyl (C=O) groups is 2. The van der Waals surface area contributed by atoms with Gasteiger partial charge in [-0.15, -0.1) is 0 Å². The number of nitriles is 1. The zero-order chi connectivity index (χ0) is 18.4. The Morgan fingerprint density at radius 2 is 1.84 bits per heavy atom. The van der Waals surface area contributed by atoms with Crippen molar-refractivity contribution in [2.24, 2.45) is 0 Å². The normalized spacial score (nSPS) is 10.7. The second-order valence-corrected chi connectivity index (χ2v) is 5.85. The van der Waals surface area contributed by atoms with Crippen LogP contribution in [0.2, 0.25) is 10.0 Å². The monoisotopic (exact) mass is 373 g/mol. The summed E-state index contributed by atoms with van der Waals surface area (Å²) in [4.78, 5) is 23.5. The van der Waals surface area contributed by atoms with Crippen molar-refractivity contribution < 1.29 is 9.59 Å². The maximum atomic E-state index is 12.2. The Morgan fingerprint density at radius 3 is 2.48 bits per heavy atom. The average molecular weight is 374 g/mol. The third kappa shape index (κ3) is 5.08. The van der Waals surface area contributed by atoms with Gasteiger partial charge < -0.3 is 10.6 Å². The summed E-state index contributed by atoms with van der Waals surface area (Å²) in [5.41, 5.74) is 1.39. The highest BCUT2D eigenvalue weighted by atomic mass is 35.5. The van der Waals surface area contributed by atoms with E-state index in [2.05, 4.69) is 10.6 Å². The van der Waals surface area contributed by atoms with Gasteiger partial charge in [-0.3, -0.25) is 9.59 Å². The Balaban J connectivity index is 2.12. The molecule has 2 aromatic carbocycles. The molecular formula is C18H13Cl2N3O2. The summed E-state index contributed by atoms with van der Waals surface area (Å²) in [6.45, 7) is 1.46. The van der Waals surface area contributed by atoms with Gasteiger partial charge in [-0.2, -0.15) is 5.26 Å². The highest BCUT2D eigenvalue weighted by Crippen LogP contribution is 2.25. The number of halogens is 2. The van der Waals surface area contributed by atoms with Crippen LogP contribution >= 0.6 is 23.2 Å². The predicted molar refractivity (Wildman–Crippen MR) is 98.9 cm³/mol. The second kappa shape index (κ2) is 8.34. The van der Waals surface area contributed by atoms with E-state index in [1.54, 1.807) is 36.4 Å². The van der Waals surface area contributed by atoms with Crippen molar-refractivity contribution in [2.45, 2.75) is 6.92 Å². The number of amides is 1. The van der Waals surface area contributed by atoms with E-state index in [0.29, 0.717) is 27.0 Å². The van der Waals surface area contributed by atoms with Gasteiger partial charge in [0.25, 0.3) is 5.91 Å². The van der Waals surface area contributed by atoms with Crippen molar-refractivity contribution in [1.82, 2.24) is 0 Å². The zero-order valence-corrected chi connectivity index (χ0v) is 14.7. The van der Waals surface area contributed by atoms with Gasteiger partial charge in [-0.05, 0) is 37.3 Å². The number of anilines is 2. The second-order valence-electron chi connectivity index (χ2n) is 5.03. The van der Waals surface area contributed by atoms with Crippen LogP contribution < -0.4 is 10.6 Å². The number of hydrogen-bond acceptors (Lipinski definition) is 4. The number of ketones is 1. The van der Waals surface area contributed by atoms with Gasteiger partial charge >= 0.3 is 0 Å². The Labute approximate surface area is 154 Å². The molecule has 0 radical (unpaired) electrons. The molecule has 0 aliphatic rings. The fourth-order valence-electron chi connectivity index (χ4n) is 1.90. The van der Waals surface area contributed by atoms with Crippen molar-refractivity contribution in [3.8, 4) is 6.07 Å². The van der Waals surface area contributed by atoms with Gasteiger partial charge in [-0.1, -0.05) is 35.3 Å². The van der Waals surface area contributed by atoms with Gasteiger partial charge in [0.1, 0.15) is 11.6 Å². The minimum atomic E-state index is -0.601. The van der Waals surface area contributed by atoms with Crippen LogP contribution in [-0.4, -0.2) is 11.7 Å². The molecule has 0 saturated carbocycles. The maximum absolute atomic E-state index is 12.2. The van der Waals surface area contributed by atoms with E-state index < -0.39 is 5.91 Å². The molecule has 0 saturated heterocycles. The van der Waals surface area contributed by atoms with E-state index >= 15 is 0 Å².